The van der Waals surface area contributed by atoms with Gasteiger partial charge in [-0.1, -0.05) is 23.7 Å². The number of H-pyrrole nitrogens is 1. The highest BCUT2D eigenvalue weighted by Crippen LogP contribution is 2.36. The minimum Gasteiger partial charge on any atom is -0.502 e. The van der Waals surface area contributed by atoms with Crippen LogP contribution >= 0.6 is 23.8 Å². The fourth-order valence-corrected chi connectivity index (χ4v) is 2.70. The quantitative estimate of drug-likeness (QED) is 0.510. The van der Waals surface area contributed by atoms with E-state index in [1.807, 2.05) is 12.1 Å². The Hall–Kier alpha value is -2.84. The Labute approximate surface area is 159 Å². The van der Waals surface area contributed by atoms with Gasteiger partial charge >= 0.3 is 0 Å². The van der Waals surface area contributed by atoms with Gasteiger partial charge in [-0.05, 0) is 36.5 Å². The Kier molecular flexibility index (Phi) is 5.24. The van der Waals surface area contributed by atoms with E-state index in [2.05, 4.69) is 15.3 Å². The molecule has 0 amide bonds. The summed E-state index contributed by atoms with van der Waals surface area (Å²) in [5.41, 5.74) is 1.42. The zero-order valence-corrected chi connectivity index (χ0v) is 15.5. The third kappa shape index (κ3) is 3.56. The second kappa shape index (κ2) is 7.59. The molecule has 9 heteroatoms. The molecule has 0 atom stereocenters. The van der Waals surface area contributed by atoms with E-state index in [9.17, 15) is 5.11 Å². The third-order valence-corrected chi connectivity index (χ3v) is 4.06. The van der Waals surface area contributed by atoms with Gasteiger partial charge in [0.1, 0.15) is 0 Å². The fraction of sp³-hybridized carbons (Fsp3) is 0.118. The minimum atomic E-state index is -0.0771. The number of phenolic OH excluding ortho intramolecular Hbond substituents is 1. The number of aromatic hydroxyl groups is 1. The Morgan fingerprint density at radius 3 is 2.54 bits per heavy atom. The van der Waals surface area contributed by atoms with Gasteiger partial charge in [0.15, 0.2) is 17.3 Å². The second-order valence-corrected chi connectivity index (χ2v) is 6.02. The Morgan fingerprint density at radius 2 is 1.92 bits per heavy atom. The number of methoxy groups -OCH3 is 2. The highest BCUT2D eigenvalue weighted by atomic mass is 35.5. The summed E-state index contributed by atoms with van der Waals surface area (Å²) >= 11 is 11.3. The van der Waals surface area contributed by atoms with Crippen LogP contribution in [0.1, 0.15) is 5.56 Å². The summed E-state index contributed by atoms with van der Waals surface area (Å²) in [7, 11) is 2.91. The topological polar surface area (TPSA) is 84.7 Å². The number of nitrogens with zero attached hydrogens (tertiary/aromatic N) is 3. The number of ether oxygens (including phenoxy) is 2. The summed E-state index contributed by atoms with van der Waals surface area (Å²) in [4.78, 5) is 0. The molecular weight excluding hydrogens is 376 g/mol. The van der Waals surface area contributed by atoms with Gasteiger partial charge in [0.05, 0.1) is 20.4 Å². The van der Waals surface area contributed by atoms with E-state index in [0.717, 1.165) is 5.56 Å². The van der Waals surface area contributed by atoms with Crippen LogP contribution in [0.15, 0.2) is 41.5 Å². The van der Waals surface area contributed by atoms with E-state index < -0.39 is 0 Å². The zero-order chi connectivity index (χ0) is 18.7. The first kappa shape index (κ1) is 18.0. The van der Waals surface area contributed by atoms with Crippen molar-refractivity contribution >= 4 is 30.0 Å². The number of hydrogen-bond acceptors (Lipinski definition) is 6. The normalized spacial score (nSPS) is 11.0. The van der Waals surface area contributed by atoms with Crippen LogP contribution in [0.3, 0.4) is 0 Å². The molecule has 2 N–H and O–H groups in total. The molecule has 3 rings (SSSR count). The SMILES string of the molecule is COc1cc(/C=N/n2c(-c3cccc(Cl)c3)n[nH]c2=S)cc(OC)c1O. The summed E-state index contributed by atoms with van der Waals surface area (Å²) < 4.78 is 12.1. The Balaban J connectivity index is 2.02. The molecule has 0 unspecified atom stereocenters. The van der Waals surface area contributed by atoms with Crippen molar-refractivity contribution in [3.8, 4) is 28.6 Å². The van der Waals surface area contributed by atoms with Crippen molar-refractivity contribution < 1.29 is 14.6 Å². The molecular formula is C17H15ClN4O3S. The van der Waals surface area contributed by atoms with Crippen LogP contribution in [-0.4, -0.2) is 40.4 Å². The summed E-state index contributed by atoms with van der Waals surface area (Å²) in [5.74, 6) is 0.992. The largest absolute Gasteiger partial charge is 0.502 e. The van der Waals surface area contributed by atoms with Crippen molar-refractivity contribution in [1.82, 2.24) is 14.9 Å². The molecule has 0 saturated carbocycles. The number of halogens is 1. The lowest BCUT2D eigenvalue weighted by Gasteiger charge is -2.09. The number of aromatic nitrogens is 3. The van der Waals surface area contributed by atoms with Crippen molar-refractivity contribution in [3.63, 3.8) is 0 Å². The van der Waals surface area contributed by atoms with Crippen molar-refractivity contribution in [2.45, 2.75) is 0 Å². The number of hydrogen-bond donors (Lipinski definition) is 2. The fourth-order valence-electron chi connectivity index (χ4n) is 2.33. The predicted octanol–water partition coefficient (Wildman–Crippen LogP) is 3.87. The molecule has 0 aliphatic rings. The lowest BCUT2D eigenvalue weighted by Crippen LogP contribution is -1.96. The molecule has 26 heavy (non-hydrogen) atoms. The van der Waals surface area contributed by atoms with Crippen molar-refractivity contribution in [2.75, 3.05) is 14.2 Å². The van der Waals surface area contributed by atoms with Gasteiger partial charge in [-0.25, -0.2) is 5.10 Å². The number of rotatable bonds is 5. The highest BCUT2D eigenvalue weighted by Gasteiger charge is 2.11. The Bertz CT molecular complexity index is 1000. The van der Waals surface area contributed by atoms with Gasteiger partial charge in [-0.15, -0.1) is 0 Å². The second-order valence-electron chi connectivity index (χ2n) is 5.19. The first-order valence-electron chi connectivity index (χ1n) is 7.46. The summed E-state index contributed by atoms with van der Waals surface area (Å²) in [5, 5.41) is 21.9. The molecule has 1 aromatic heterocycles. The molecule has 2 aromatic carbocycles. The van der Waals surface area contributed by atoms with Gasteiger partial charge in [0.2, 0.25) is 10.5 Å². The van der Waals surface area contributed by atoms with Crippen LogP contribution in [0.25, 0.3) is 11.4 Å². The van der Waals surface area contributed by atoms with Gasteiger partial charge in [0.25, 0.3) is 0 Å². The zero-order valence-electron chi connectivity index (χ0n) is 13.9. The summed E-state index contributed by atoms with van der Waals surface area (Å²) in [6.45, 7) is 0. The molecule has 1 heterocycles. The van der Waals surface area contributed by atoms with Gasteiger partial charge in [-0.3, -0.25) is 0 Å². The number of aromatic amines is 1. The molecule has 134 valence electrons. The lowest BCUT2D eigenvalue weighted by atomic mass is 10.2. The standard InChI is InChI=1S/C17H15ClN4O3S/c1-24-13-6-10(7-14(25-2)15(13)23)9-19-22-16(20-21-17(22)26)11-4-3-5-12(18)8-11/h3-9,23H,1-2H3,(H,21,26)/b19-9+. The molecule has 0 aliphatic heterocycles. The lowest BCUT2D eigenvalue weighted by molar-refractivity contribution is 0.340. The van der Waals surface area contributed by atoms with E-state index in [-0.39, 0.29) is 17.2 Å². The first-order valence-corrected chi connectivity index (χ1v) is 8.25. The summed E-state index contributed by atoms with van der Waals surface area (Å²) in [6.07, 6.45) is 1.56. The minimum absolute atomic E-state index is 0.0771. The van der Waals surface area contributed by atoms with Crippen LogP contribution in [0, 0.1) is 4.77 Å². The molecule has 7 nitrogen and oxygen atoms in total. The maximum Gasteiger partial charge on any atom is 0.216 e. The smallest absolute Gasteiger partial charge is 0.216 e. The summed E-state index contributed by atoms with van der Waals surface area (Å²) in [6, 6.07) is 10.5. The van der Waals surface area contributed by atoms with Gasteiger partial charge < -0.3 is 14.6 Å². The Morgan fingerprint density at radius 1 is 1.23 bits per heavy atom. The predicted molar refractivity (Wildman–Crippen MR) is 102 cm³/mol. The molecule has 0 bridgehead atoms. The number of benzene rings is 2. The van der Waals surface area contributed by atoms with Crippen LogP contribution < -0.4 is 9.47 Å². The van der Waals surface area contributed by atoms with Crippen molar-refractivity contribution in [2.24, 2.45) is 5.10 Å². The van der Waals surface area contributed by atoms with E-state index in [0.29, 0.717) is 21.2 Å². The monoisotopic (exact) mass is 390 g/mol. The molecule has 0 fully saturated rings. The van der Waals surface area contributed by atoms with Crippen LogP contribution in [0.2, 0.25) is 5.02 Å². The van der Waals surface area contributed by atoms with Crippen LogP contribution in [0.5, 0.6) is 17.2 Å². The maximum absolute atomic E-state index is 9.98. The molecule has 3 aromatic rings. The van der Waals surface area contributed by atoms with E-state index in [4.69, 9.17) is 33.3 Å². The van der Waals surface area contributed by atoms with E-state index >= 15 is 0 Å². The van der Waals surface area contributed by atoms with Crippen molar-refractivity contribution in [1.29, 1.82) is 0 Å². The average Bonchev–Trinajstić information content (AvgIpc) is 3.01. The molecule has 0 aliphatic carbocycles. The number of phenols is 1. The first-order chi connectivity index (χ1) is 12.5. The molecule has 0 spiro atoms. The van der Waals surface area contributed by atoms with Gasteiger partial charge in [0, 0.05) is 16.1 Å². The number of nitrogens with one attached hydrogen (secondary N) is 1. The van der Waals surface area contributed by atoms with Crippen molar-refractivity contribution in [3.05, 3.63) is 51.8 Å². The maximum atomic E-state index is 9.98. The molecule has 0 radical (unpaired) electrons. The average molecular weight is 391 g/mol. The van der Waals surface area contributed by atoms with E-state index in [1.165, 1.54) is 18.9 Å². The van der Waals surface area contributed by atoms with Crippen LogP contribution in [0.4, 0.5) is 0 Å². The van der Waals surface area contributed by atoms with Crippen LogP contribution in [-0.2, 0) is 0 Å². The third-order valence-electron chi connectivity index (χ3n) is 3.56. The highest BCUT2D eigenvalue weighted by molar-refractivity contribution is 7.71. The van der Waals surface area contributed by atoms with E-state index in [1.54, 1.807) is 30.5 Å². The molecule has 0 saturated heterocycles. The van der Waals surface area contributed by atoms with Gasteiger partial charge in [-0.2, -0.15) is 14.9 Å².